The zero-order chi connectivity index (χ0) is 15.9. The lowest BCUT2D eigenvalue weighted by molar-refractivity contribution is 0.558. The van der Waals surface area contributed by atoms with E-state index in [9.17, 15) is 12.8 Å². The van der Waals surface area contributed by atoms with Crippen molar-refractivity contribution in [3.05, 3.63) is 30.1 Å². The number of nitrogens with one attached hydrogen (secondary N) is 1. The standard InChI is InChI=1S/C15H25FN2O2S/c1-4-18(15-9-7-8-14(16)12-15)21(19,20)11-6-5-10-17-13(2)3/h7-9,12-13,17H,4-6,10-11H2,1-3H3. The molecule has 0 unspecified atom stereocenters. The van der Waals surface area contributed by atoms with Crippen molar-refractivity contribution < 1.29 is 12.8 Å². The van der Waals surface area contributed by atoms with Gasteiger partial charge >= 0.3 is 0 Å². The van der Waals surface area contributed by atoms with Gasteiger partial charge < -0.3 is 5.32 Å². The highest BCUT2D eigenvalue weighted by Crippen LogP contribution is 2.19. The molecule has 0 aliphatic rings. The Morgan fingerprint density at radius 2 is 2.00 bits per heavy atom. The number of hydrogen-bond donors (Lipinski definition) is 1. The molecule has 0 amide bonds. The summed E-state index contributed by atoms with van der Waals surface area (Å²) >= 11 is 0. The normalized spacial score (nSPS) is 11.9. The number of anilines is 1. The van der Waals surface area contributed by atoms with Crippen LogP contribution in [0.25, 0.3) is 0 Å². The minimum Gasteiger partial charge on any atom is -0.315 e. The van der Waals surface area contributed by atoms with Crippen LogP contribution in [-0.4, -0.2) is 33.3 Å². The van der Waals surface area contributed by atoms with Gasteiger partial charge in [0.05, 0.1) is 11.4 Å². The Labute approximate surface area is 127 Å². The molecular formula is C15H25FN2O2S. The second kappa shape index (κ2) is 8.34. The summed E-state index contributed by atoms with van der Waals surface area (Å²) in [6.07, 6.45) is 1.39. The minimum absolute atomic E-state index is 0.0805. The first-order valence-corrected chi connectivity index (χ1v) is 8.97. The fraction of sp³-hybridized carbons (Fsp3) is 0.600. The van der Waals surface area contributed by atoms with Crippen LogP contribution >= 0.6 is 0 Å². The molecule has 1 aromatic rings. The van der Waals surface area contributed by atoms with Gasteiger partial charge in [-0.15, -0.1) is 0 Å². The largest absolute Gasteiger partial charge is 0.315 e. The van der Waals surface area contributed by atoms with E-state index in [0.29, 0.717) is 24.7 Å². The van der Waals surface area contributed by atoms with Crippen LogP contribution in [0.2, 0.25) is 0 Å². The quantitative estimate of drug-likeness (QED) is 0.713. The van der Waals surface area contributed by atoms with Crippen molar-refractivity contribution in [3.63, 3.8) is 0 Å². The predicted octanol–water partition coefficient (Wildman–Crippen LogP) is 2.76. The number of halogens is 1. The van der Waals surface area contributed by atoms with Crippen molar-refractivity contribution in [2.45, 2.75) is 39.7 Å². The molecule has 1 N–H and O–H groups in total. The van der Waals surface area contributed by atoms with Gasteiger partial charge in [-0.25, -0.2) is 12.8 Å². The van der Waals surface area contributed by atoms with Crippen molar-refractivity contribution in [3.8, 4) is 0 Å². The van der Waals surface area contributed by atoms with Crippen molar-refractivity contribution >= 4 is 15.7 Å². The smallest absolute Gasteiger partial charge is 0.235 e. The molecule has 1 aromatic carbocycles. The van der Waals surface area contributed by atoms with E-state index in [0.717, 1.165) is 13.0 Å². The first-order valence-electron chi connectivity index (χ1n) is 7.36. The summed E-state index contributed by atoms with van der Waals surface area (Å²) in [6.45, 7) is 6.97. The van der Waals surface area contributed by atoms with Crippen LogP contribution in [-0.2, 0) is 10.0 Å². The average Bonchev–Trinajstić information content (AvgIpc) is 2.38. The molecule has 0 fully saturated rings. The van der Waals surface area contributed by atoms with Crippen LogP contribution in [0.3, 0.4) is 0 Å². The number of benzene rings is 1. The SMILES string of the molecule is CCN(c1cccc(F)c1)S(=O)(=O)CCCCNC(C)C. The van der Waals surface area contributed by atoms with Crippen molar-refractivity contribution in [1.82, 2.24) is 5.32 Å². The third-order valence-corrected chi connectivity index (χ3v) is 5.05. The number of hydrogen-bond acceptors (Lipinski definition) is 3. The van der Waals surface area contributed by atoms with Crippen LogP contribution in [0, 0.1) is 5.82 Å². The molecule has 4 nitrogen and oxygen atoms in total. The maximum absolute atomic E-state index is 13.3. The Kier molecular flexibility index (Phi) is 7.11. The third kappa shape index (κ3) is 6.01. The molecule has 0 aliphatic heterocycles. The number of rotatable bonds is 9. The molecule has 0 radical (unpaired) electrons. The molecule has 21 heavy (non-hydrogen) atoms. The summed E-state index contributed by atoms with van der Waals surface area (Å²) in [7, 11) is -3.40. The Morgan fingerprint density at radius 3 is 2.57 bits per heavy atom. The van der Waals surface area contributed by atoms with Gasteiger partial charge in [-0.05, 0) is 44.5 Å². The van der Waals surface area contributed by atoms with Crippen LogP contribution in [0.15, 0.2) is 24.3 Å². The third-order valence-electron chi connectivity index (χ3n) is 3.10. The topological polar surface area (TPSA) is 49.4 Å². The van der Waals surface area contributed by atoms with E-state index < -0.39 is 15.8 Å². The summed E-state index contributed by atoms with van der Waals surface area (Å²) in [6, 6.07) is 6.10. The van der Waals surface area contributed by atoms with Gasteiger partial charge in [-0.2, -0.15) is 0 Å². The molecule has 0 atom stereocenters. The maximum atomic E-state index is 13.3. The van der Waals surface area contributed by atoms with E-state index in [1.54, 1.807) is 13.0 Å². The molecular weight excluding hydrogens is 291 g/mol. The number of sulfonamides is 1. The maximum Gasteiger partial charge on any atom is 0.235 e. The summed E-state index contributed by atoms with van der Waals surface area (Å²) < 4.78 is 39.2. The highest BCUT2D eigenvalue weighted by Gasteiger charge is 2.20. The summed E-state index contributed by atoms with van der Waals surface area (Å²) in [5, 5.41) is 3.26. The molecule has 6 heteroatoms. The van der Waals surface area contributed by atoms with Gasteiger partial charge in [0.25, 0.3) is 0 Å². The summed E-state index contributed by atoms with van der Waals surface area (Å²) in [5.74, 6) is -0.348. The second-order valence-electron chi connectivity index (χ2n) is 5.28. The molecule has 0 aromatic heterocycles. The van der Waals surface area contributed by atoms with Crippen LogP contribution in [0.4, 0.5) is 10.1 Å². The van der Waals surface area contributed by atoms with Crippen molar-refractivity contribution in [1.29, 1.82) is 0 Å². The highest BCUT2D eigenvalue weighted by molar-refractivity contribution is 7.92. The lowest BCUT2D eigenvalue weighted by atomic mass is 10.3. The van der Waals surface area contributed by atoms with Gasteiger partial charge in [-0.3, -0.25) is 4.31 Å². The van der Waals surface area contributed by atoms with E-state index in [2.05, 4.69) is 19.2 Å². The van der Waals surface area contributed by atoms with Crippen LogP contribution in [0.1, 0.15) is 33.6 Å². The lowest BCUT2D eigenvalue weighted by Gasteiger charge is -2.23. The number of nitrogens with zero attached hydrogens (tertiary/aromatic N) is 1. The lowest BCUT2D eigenvalue weighted by Crippen LogP contribution is -2.33. The molecule has 1 rings (SSSR count). The van der Waals surface area contributed by atoms with E-state index in [-0.39, 0.29) is 5.75 Å². The Morgan fingerprint density at radius 1 is 1.29 bits per heavy atom. The van der Waals surface area contributed by atoms with Gasteiger partial charge in [0.1, 0.15) is 5.82 Å². The average molecular weight is 316 g/mol. The van der Waals surface area contributed by atoms with Gasteiger partial charge in [-0.1, -0.05) is 19.9 Å². The first-order chi connectivity index (χ1) is 9.86. The Balaban J connectivity index is 2.62. The monoisotopic (exact) mass is 316 g/mol. The van der Waals surface area contributed by atoms with E-state index in [1.165, 1.54) is 22.5 Å². The second-order valence-corrected chi connectivity index (χ2v) is 7.29. The Hall–Kier alpha value is -1.14. The number of unbranched alkanes of at least 4 members (excludes halogenated alkanes) is 1. The fourth-order valence-corrected chi connectivity index (χ4v) is 3.70. The van der Waals surface area contributed by atoms with Crippen molar-refractivity contribution in [2.75, 3.05) is 23.1 Å². The molecule has 0 saturated carbocycles. The summed E-state index contributed by atoms with van der Waals surface area (Å²) in [4.78, 5) is 0. The summed E-state index contributed by atoms with van der Waals surface area (Å²) in [5.41, 5.74) is 0.387. The molecule has 0 bridgehead atoms. The van der Waals surface area contributed by atoms with Crippen LogP contribution in [0.5, 0.6) is 0 Å². The molecule has 0 aliphatic carbocycles. The van der Waals surface area contributed by atoms with Crippen LogP contribution < -0.4 is 9.62 Å². The molecule has 120 valence electrons. The predicted molar refractivity (Wildman–Crippen MR) is 85.6 cm³/mol. The van der Waals surface area contributed by atoms with E-state index in [4.69, 9.17) is 0 Å². The van der Waals surface area contributed by atoms with E-state index >= 15 is 0 Å². The Bertz CT molecular complexity index is 532. The van der Waals surface area contributed by atoms with Gasteiger partial charge in [0.15, 0.2) is 0 Å². The molecule has 0 saturated heterocycles. The zero-order valence-corrected chi connectivity index (χ0v) is 13.8. The van der Waals surface area contributed by atoms with E-state index in [1.807, 2.05) is 0 Å². The van der Waals surface area contributed by atoms with Gasteiger partial charge in [0, 0.05) is 12.6 Å². The fourth-order valence-electron chi connectivity index (χ4n) is 2.08. The van der Waals surface area contributed by atoms with Gasteiger partial charge in [0.2, 0.25) is 10.0 Å². The minimum atomic E-state index is -3.40. The molecule has 0 spiro atoms. The van der Waals surface area contributed by atoms with Crippen molar-refractivity contribution in [2.24, 2.45) is 0 Å². The first kappa shape index (κ1) is 17.9. The zero-order valence-electron chi connectivity index (χ0n) is 13.0. The molecule has 0 heterocycles. The highest BCUT2D eigenvalue weighted by atomic mass is 32.2.